The van der Waals surface area contributed by atoms with Gasteiger partial charge in [0, 0.05) is 102 Å². The first-order valence-electron chi connectivity index (χ1n) is 13.4. The van der Waals surface area contributed by atoms with Gasteiger partial charge in [-0.15, -0.1) is 0 Å². The van der Waals surface area contributed by atoms with Gasteiger partial charge in [0.15, 0.2) is 0 Å². The second kappa shape index (κ2) is 40.8. The van der Waals surface area contributed by atoms with Crippen molar-refractivity contribution in [2.75, 3.05) is 42.7 Å². The number of hydrogen-bond donors (Lipinski definition) is 4. The van der Waals surface area contributed by atoms with Gasteiger partial charge < -0.3 is 72.3 Å². The van der Waals surface area contributed by atoms with E-state index in [1.54, 1.807) is 0 Å². The minimum Gasteiger partial charge on any atom is -2.00 e. The molecule has 6 aromatic carbocycles. The molecule has 0 heterocycles. The van der Waals surface area contributed by atoms with Crippen LogP contribution in [0.25, 0.3) is 43.1 Å². The van der Waals surface area contributed by atoms with Crippen LogP contribution in [0.3, 0.4) is 0 Å². The summed E-state index contributed by atoms with van der Waals surface area (Å²) in [4.78, 5) is 22.6. The third kappa shape index (κ3) is 18.7. The Kier molecular flexibility index (Phi) is 52.7. The molecule has 0 aromatic heterocycles. The van der Waals surface area contributed by atoms with Crippen molar-refractivity contribution in [1.82, 2.24) is 0 Å². The number of aliphatic hydroxyl groups is 4. The van der Waals surface area contributed by atoms with Crippen molar-refractivity contribution in [2.45, 2.75) is 0 Å². The van der Waals surface area contributed by atoms with Gasteiger partial charge in [0.25, 0.3) is 0 Å². The Morgan fingerprint density at radius 2 is 0.538 bits per heavy atom. The number of hydrogen-bond acceptors (Lipinski definition) is 10. The van der Waals surface area contributed by atoms with Crippen LogP contribution < -0.4 is 20.4 Å². The van der Waals surface area contributed by atoms with Crippen LogP contribution in [-0.4, -0.2) is 75.0 Å². The summed E-state index contributed by atoms with van der Waals surface area (Å²) in [6, 6.07) is 33.8. The van der Waals surface area contributed by atoms with Crippen molar-refractivity contribution in [3.05, 3.63) is 120 Å². The minimum absolute atomic E-state index is 0. The first-order chi connectivity index (χ1) is 22.5. The predicted octanol–water partition coefficient (Wildman–Crippen LogP) is 0.625. The van der Waals surface area contributed by atoms with Crippen molar-refractivity contribution in [1.29, 1.82) is 0 Å². The molecule has 288 valence electrons. The molecule has 0 atom stereocenters. The first kappa shape index (κ1) is 67.2. The van der Waals surface area contributed by atoms with Crippen LogP contribution in [0, 0.1) is 62.2 Å². The molecule has 0 unspecified atom stereocenters. The Labute approximate surface area is 350 Å². The quantitative estimate of drug-likeness (QED) is 0.175. The first-order valence-corrected chi connectivity index (χ1v) is 13.4. The van der Waals surface area contributed by atoms with Crippen LogP contribution in [0.4, 0.5) is 0 Å². The second-order valence-corrected chi connectivity index (χ2v) is 7.96. The van der Waals surface area contributed by atoms with Gasteiger partial charge in [-0.1, -0.05) is 97.1 Å². The number of benzene rings is 6. The molecule has 0 aliphatic carbocycles. The number of rotatable bonds is 2. The van der Waals surface area contributed by atoms with Crippen LogP contribution in [0.15, 0.2) is 109 Å². The maximum Gasteiger partial charge on any atom is 0.0727 e. The topological polar surface area (TPSA) is 321 Å². The SMILES string of the molecule is CO.CO.CO.CO.C[O-].C[O-].O=C([O-])c1c2ccccc2cc2ccccc12.O=C([O-])c1c2ccccc2cc2ccccc12.[O-2].[O-2].[O-2].[O-2].[U].[U]. The van der Waals surface area contributed by atoms with E-state index in [1.807, 2.05) is 109 Å². The monoisotopic (exact) mass is 1170 g/mol. The Morgan fingerprint density at radius 1 is 0.385 bits per heavy atom. The van der Waals surface area contributed by atoms with Crippen molar-refractivity contribution in [2.24, 2.45) is 0 Å². The van der Waals surface area contributed by atoms with Crippen molar-refractivity contribution >= 4 is 55.0 Å². The summed E-state index contributed by atoms with van der Waals surface area (Å²) in [5.41, 5.74) is 0.553. The van der Waals surface area contributed by atoms with E-state index in [0.29, 0.717) is 0 Å². The second-order valence-electron chi connectivity index (χ2n) is 7.96. The van der Waals surface area contributed by atoms with Crippen LogP contribution in [-0.2, 0) is 21.9 Å². The van der Waals surface area contributed by atoms with Crippen LogP contribution in [0.1, 0.15) is 20.7 Å². The average molecular weight is 1170 g/mol. The fourth-order valence-corrected chi connectivity index (χ4v) is 4.47. The molecule has 6 aromatic rings. The number of carbonyl (C=O) groups excluding carboxylic acids is 2. The van der Waals surface area contributed by atoms with Gasteiger partial charge in [0.2, 0.25) is 0 Å². The molecule has 52 heavy (non-hydrogen) atoms. The third-order valence-corrected chi connectivity index (χ3v) is 5.95. The Hall–Kier alpha value is -3.00. The minimum atomic E-state index is -1.13. The summed E-state index contributed by atoms with van der Waals surface area (Å²) in [6.45, 7) is 0. The van der Waals surface area contributed by atoms with Crippen molar-refractivity contribution in [3.63, 3.8) is 0 Å². The number of fused-ring (bicyclic) bond motifs is 4. The van der Waals surface area contributed by atoms with Crippen molar-refractivity contribution in [3.8, 4) is 0 Å². The summed E-state index contributed by atoms with van der Waals surface area (Å²) in [6.07, 6.45) is 0. The predicted molar refractivity (Wildman–Crippen MR) is 179 cm³/mol. The smallest absolute Gasteiger partial charge is 0.0727 e. The van der Waals surface area contributed by atoms with E-state index < -0.39 is 11.9 Å². The van der Waals surface area contributed by atoms with E-state index >= 15 is 0 Å². The molecular formula is C36H40O14U2-12. The normalized spacial score (nSPS) is 7.77. The number of aliphatic hydroxyl groups excluding tert-OH is 4. The molecule has 0 amide bonds. The number of carboxylic acids is 2. The Bertz CT molecular complexity index is 1520. The summed E-state index contributed by atoms with van der Waals surface area (Å²) in [5.74, 6) is -2.25. The van der Waals surface area contributed by atoms with Gasteiger partial charge in [-0.3, -0.25) is 0 Å². The largest absolute Gasteiger partial charge is 2.00 e. The maximum absolute atomic E-state index is 11.3. The van der Waals surface area contributed by atoms with E-state index in [-0.39, 0.29) is 95.3 Å². The van der Waals surface area contributed by atoms with E-state index in [9.17, 15) is 19.8 Å². The van der Waals surface area contributed by atoms with Crippen LogP contribution in [0.5, 0.6) is 0 Å². The van der Waals surface area contributed by atoms with E-state index in [0.717, 1.165) is 85.7 Å². The molecule has 14 nitrogen and oxygen atoms in total. The van der Waals surface area contributed by atoms with Crippen LogP contribution >= 0.6 is 0 Å². The van der Waals surface area contributed by atoms with E-state index in [4.69, 9.17) is 30.6 Å². The summed E-state index contributed by atoms with van der Waals surface area (Å²) in [7, 11) is 5.50. The summed E-state index contributed by atoms with van der Waals surface area (Å²) in [5, 5.41) is 73.7. The molecule has 0 saturated heterocycles. The molecular weight excluding hydrogens is 1130 g/mol. The fourth-order valence-electron chi connectivity index (χ4n) is 4.47. The molecule has 6 rings (SSSR count). The molecule has 0 spiro atoms. The average Bonchev–Trinajstić information content (AvgIpc) is 3.14. The van der Waals surface area contributed by atoms with Gasteiger partial charge in [-0.2, -0.15) is 14.2 Å². The van der Waals surface area contributed by atoms with Gasteiger partial charge in [-0.25, -0.2) is 0 Å². The zero-order valence-corrected chi connectivity index (χ0v) is 37.6. The van der Waals surface area contributed by atoms with Gasteiger partial charge in [0.05, 0.1) is 11.9 Å². The van der Waals surface area contributed by atoms with Gasteiger partial charge in [0.1, 0.15) is 0 Å². The third-order valence-electron chi connectivity index (χ3n) is 5.95. The molecule has 4 N–H and O–H groups in total. The maximum atomic E-state index is 11.3. The molecule has 16 heteroatoms. The number of carboxylic acid groups (broad SMARTS) is 2. The number of aromatic carboxylic acids is 2. The standard InChI is InChI=1S/2C15H10O2.4CH4O.2CH3O.4O.2U/c2*16-15(17)14-12-7-3-1-5-10(12)9-11-6-2-4-8-13(11)14;6*1-2;;;;;;/h2*1-9H,(H,16,17);4*2H,1H3;2*1H3;;;;;;/q;;;;;;2*-1;4*-2;;/p-2. The summed E-state index contributed by atoms with van der Waals surface area (Å²) < 4.78 is 0. The fraction of sp³-hybridized carbons (Fsp3) is 0.167. The zero-order chi connectivity index (χ0) is 35.7. The molecule has 0 radical (unpaired) electrons. The van der Waals surface area contributed by atoms with Crippen LogP contribution in [0.2, 0.25) is 0 Å². The zero-order valence-electron chi connectivity index (χ0n) is 29.3. The Morgan fingerprint density at radius 3 is 0.692 bits per heavy atom. The molecule has 0 aliphatic rings. The number of carbonyl (C=O) groups is 2. The molecule has 0 saturated carbocycles. The van der Waals surface area contributed by atoms with E-state index in [2.05, 4.69) is 0 Å². The Balaban J connectivity index is -0.0000000884. The van der Waals surface area contributed by atoms with Gasteiger partial charge >= 0.3 is 0 Å². The van der Waals surface area contributed by atoms with Crippen molar-refractivity contribution < 1.29 is 135 Å². The molecule has 0 bridgehead atoms. The molecule has 0 aliphatic heterocycles. The van der Waals surface area contributed by atoms with Gasteiger partial charge in [-0.05, 0) is 55.2 Å². The molecule has 0 fully saturated rings. The summed E-state index contributed by atoms with van der Waals surface area (Å²) >= 11 is 0. The van der Waals surface area contributed by atoms with E-state index in [1.165, 1.54) is 0 Å².